The first-order chi connectivity index (χ1) is 16.0. The van der Waals surface area contributed by atoms with Gasteiger partial charge in [0.2, 0.25) is 15.9 Å². The molecule has 2 heterocycles. The molecule has 0 unspecified atom stereocenters. The first-order valence-electron chi connectivity index (χ1n) is 10.6. The van der Waals surface area contributed by atoms with Crippen LogP contribution in [0.4, 0.5) is 8.78 Å². The van der Waals surface area contributed by atoms with E-state index in [1.54, 1.807) is 23.3 Å². The topological polar surface area (TPSA) is 108 Å². The van der Waals surface area contributed by atoms with E-state index in [-0.39, 0.29) is 28.9 Å². The third-order valence-corrected chi connectivity index (χ3v) is 6.97. The van der Waals surface area contributed by atoms with Crippen molar-refractivity contribution >= 4 is 38.6 Å². The van der Waals surface area contributed by atoms with E-state index in [4.69, 9.17) is 21.5 Å². The first kappa shape index (κ1) is 24.5. The van der Waals surface area contributed by atoms with Crippen LogP contribution in [-0.4, -0.2) is 54.6 Å². The minimum absolute atomic E-state index is 0.0154. The Morgan fingerprint density at radius 2 is 2.00 bits per heavy atom. The SMILES string of the molecule is CCC(=O)N1CCO[C@@H](Cn2c(-c3c(F)cc(S(N)(=O)=O)cc3Cl)nc3cc(C)c(F)cc32)C1. The fraction of sp³-hybridized carbons (Fsp3) is 0.364. The number of aromatic nitrogens is 2. The lowest BCUT2D eigenvalue weighted by Crippen LogP contribution is -2.46. The molecule has 1 atom stereocenters. The van der Waals surface area contributed by atoms with Crippen molar-refractivity contribution in [2.24, 2.45) is 5.14 Å². The average Bonchev–Trinajstić information content (AvgIpc) is 3.09. The number of nitrogens with two attached hydrogens (primary N) is 1. The highest BCUT2D eigenvalue weighted by atomic mass is 35.5. The van der Waals surface area contributed by atoms with Crippen LogP contribution in [0.15, 0.2) is 29.2 Å². The largest absolute Gasteiger partial charge is 0.373 e. The number of primary sulfonamides is 1. The van der Waals surface area contributed by atoms with Crippen LogP contribution in [0.3, 0.4) is 0 Å². The molecule has 2 N–H and O–H groups in total. The van der Waals surface area contributed by atoms with Crippen LogP contribution in [0, 0.1) is 18.6 Å². The van der Waals surface area contributed by atoms with Gasteiger partial charge < -0.3 is 14.2 Å². The van der Waals surface area contributed by atoms with Crippen LogP contribution in [0.2, 0.25) is 5.02 Å². The molecule has 34 heavy (non-hydrogen) atoms. The Labute approximate surface area is 200 Å². The van der Waals surface area contributed by atoms with Gasteiger partial charge in [-0.1, -0.05) is 18.5 Å². The van der Waals surface area contributed by atoms with Gasteiger partial charge >= 0.3 is 0 Å². The second kappa shape index (κ2) is 9.21. The number of nitrogens with zero attached hydrogens (tertiary/aromatic N) is 3. The molecule has 2 aromatic carbocycles. The molecule has 8 nitrogen and oxygen atoms in total. The maximum absolute atomic E-state index is 15.2. The van der Waals surface area contributed by atoms with Gasteiger partial charge in [-0.2, -0.15) is 0 Å². The van der Waals surface area contributed by atoms with Crippen LogP contribution >= 0.6 is 11.6 Å². The predicted molar refractivity (Wildman–Crippen MR) is 123 cm³/mol. The van der Waals surface area contributed by atoms with Gasteiger partial charge in [0.05, 0.1) is 45.8 Å². The molecule has 0 aliphatic carbocycles. The summed E-state index contributed by atoms with van der Waals surface area (Å²) in [6.45, 7) is 4.58. The fourth-order valence-electron chi connectivity index (χ4n) is 4.04. The van der Waals surface area contributed by atoms with Gasteiger partial charge in [0.25, 0.3) is 0 Å². The molecule has 1 aliphatic rings. The van der Waals surface area contributed by atoms with Crippen molar-refractivity contribution in [3.8, 4) is 11.4 Å². The van der Waals surface area contributed by atoms with Gasteiger partial charge in [-0.05, 0) is 30.7 Å². The van der Waals surface area contributed by atoms with Gasteiger partial charge in [0.15, 0.2) is 0 Å². The van der Waals surface area contributed by atoms with Crippen LogP contribution < -0.4 is 5.14 Å². The standard InChI is InChI=1S/C22H23ClF2N4O4S/c1-3-20(30)28-4-5-33-13(10-28)11-29-19-9-16(24)12(2)6-18(19)27-22(29)21-15(23)7-14(8-17(21)25)34(26,31)32/h6-9,13H,3-5,10-11H2,1-2H3,(H2,26,31,32)/t13-/m1/s1. The number of rotatable bonds is 5. The van der Waals surface area contributed by atoms with Gasteiger partial charge in [-0.15, -0.1) is 0 Å². The zero-order valence-corrected chi connectivity index (χ0v) is 20.1. The predicted octanol–water partition coefficient (Wildman–Crippen LogP) is 3.23. The second-order valence-corrected chi connectivity index (χ2v) is 10.1. The number of ether oxygens (including phenoxy) is 1. The second-order valence-electron chi connectivity index (χ2n) is 8.13. The van der Waals surface area contributed by atoms with Crippen LogP contribution in [-0.2, 0) is 26.1 Å². The molecule has 0 spiro atoms. The molecule has 0 saturated carbocycles. The van der Waals surface area contributed by atoms with E-state index in [0.717, 1.165) is 12.1 Å². The normalized spacial score (nSPS) is 16.9. The number of morpholine rings is 1. The summed E-state index contributed by atoms with van der Waals surface area (Å²) in [7, 11) is -4.19. The smallest absolute Gasteiger partial charge is 0.238 e. The Balaban J connectivity index is 1.85. The number of hydrogen-bond acceptors (Lipinski definition) is 5. The summed E-state index contributed by atoms with van der Waals surface area (Å²) in [6.07, 6.45) is -0.108. The molecule has 1 saturated heterocycles. The van der Waals surface area contributed by atoms with Gasteiger partial charge in [-0.3, -0.25) is 4.79 Å². The maximum atomic E-state index is 15.2. The highest BCUT2D eigenvalue weighted by Gasteiger charge is 2.28. The van der Waals surface area contributed by atoms with Crippen LogP contribution in [0.1, 0.15) is 18.9 Å². The molecule has 0 bridgehead atoms. The van der Waals surface area contributed by atoms with Crippen molar-refractivity contribution < 1.29 is 26.7 Å². The summed E-state index contributed by atoms with van der Waals surface area (Å²) >= 11 is 6.29. The van der Waals surface area contributed by atoms with E-state index < -0.39 is 32.7 Å². The number of amides is 1. The molecule has 1 aromatic heterocycles. The van der Waals surface area contributed by atoms with E-state index >= 15 is 4.39 Å². The van der Waals surface area contributed by atoms with E-state index in [1.807, 2.05) is 0 Å². The van der Waals surface area contributed by atoms with Crippen molar-refractivity contribution in [3.05, 3.63) is 46.5 Å². The van der Waals surface area contributed by atoms with E-state index in [2.05, 4.69) is 4.98 Å². The number of sulfonamides is 1. The zero-order chi connectivity index (χ0) is 24.8. The first-order valence-corrected chi connectivity index (χ1v) is 12.5. The molecule has 4 rings (SSSR count). The monoisotopic (exact) mass is 512 g/mol. The van der Waals surface area contributed by atoms with Crippen molar-refractivity contribution in [1.29, 1.82) is 0 Å². The summed E-state index contributed by atoms with van der Waals surface area (Å²) in [5.41, 5.74) is 0.984. The lowest BCUT2D eigenvalue weighted by atomic mass is 10.1. The van der Waals surface area contributed by atoms with Crippen LogP contribution in [0.25, 0.3) is 22.4 Å². The summed E-state index contributed by atoms with van der Waals surface area (Å²) in [5.74, 6) is -1.36. The Bertz CT molecular complexity index is 1370. The molecule has 3 aromatic rings. The Hall–Kier alpha value is -2.60. The number of carbonyl (C=O) groups is 1. The van der Waals surface area contributed by atoms with E-state index in [1.165, 1.54) is 12.1 Å². The summed E-state index contributed by atoms with van der Waals surface area (Å²) in [6, 6.07) is 4.64. The van der Waals surface area contributed by atoms with Gasteiger partial charge in [0, 0.05) is 25.6 Å². The molecule has 1 amide bonds. The number of benzene rings is 2. The number of carbonyl (C=O) groups excluding carboxylic acids is 1. The summed E-state index contributed by atoms with van der Waals surface area (Å²) in [5, 5.41) is 4.90. The van der Waals surface area contributed by atoms with Crippen molar-refractivity contribution in [2.45, 2.75) is 37.8 Å². The lowest BCUT2D eigenvalue weighted by molar-refractivity contribution is -0.138. The molecule has 0 radical (unpaired) electrons. The van der Waals surface area contributed by atoms with Gasteiger partial charge in [0.1, 0.15) is 17.5 Å². The quantitative estimate of drug-likeness (QED) is 0.564. The van der Waals surface area contributed by atoms with Crippen molar-refractivity contribution in [1.82, 2.24) is 14.5 Å². The minimum atomic E-state index is -4.19. The third-order valence-electron chi connectivity index (χ3n) is 5.78. The molecule has 12 heteroatoms. The number of hydrogen-bond donors (Lipinski definition) is 1. The molecular formula is C22H23ClF2N4O4S. The van der Waals surface area contributed by atoms with Crippen molar-refractivity contribution in [2.75, 3.05) is 19.7 Å². The molecule has 1 aliphatic heterocycles. The number of aryl methyl sites for hydroxylation is 1. The number of imidazole rings is 1. The Morgan fingerprint density at radius 3 is 2.65 bits per heavy atom. The maximum Gasteiger partial charge on any atom is 0.238 e. The number of fused-ring (bicyclic) bond motifs is 1. The number of halogens is 3. The van der Waals surface area contributed by atoms with E-state index in [0.29, 0.717) is 42.7 Å². The highest BCUT2D eigenvalue weighted by Crippen LogP contribution is 2.35. The lowest BCUT2D eigenvalue weighted by Gasteiger charge is -2.33. The Kier molecular flexibility index (Phi) is 6.65. The van der Waals surface area contributed by atoms with Gasteiger partial charge in [-0.25, -0.2) is 27.3 Å². The van der Waals surface area contributed by atoms with Crippen LogP contribution in [0.5, 0.6) is 0 Å². The minimum Gasteiger partial charge on any atom is -0.373 e. The molecule has 182 valence electrons. The van der Waals surface area contributed by atoms with E-state index in [9.17, 15) is 17.6 Å². The summed E-state index contributed by atoms with van der Waals surface area (Å²) < 4.78 is 60.4. The molecule has 1 fully saturated rings. The van der Waals surface area contributed by atoms with Crippen molar-refractivity contribution in [3.63, 3.8) is 0 Å². The molecular weight excluding hydrogens is 490 g/mol. The fourth-order valence-corrected chi connectivity index (χ4v) is 4.94. The zero-order valence-electron chi connectivity index (χ0n) is 18.5. The Morgan fingerprint density at radius 1 is 1.26 bits per heavy atom. The average molecular weight is 513 g/mol. The highest BCUT2D eigenvalue weighted by molar-refractivity contribution is 7.89. The third kappa shape index (κ3) is 4.65. The summed E-state index contributed by atoms with van der Waals surface area (Å²) in [4.78, 5) is 17.9.